The summed E-state index contributed by atoms with van der Waals surface area (Å²) in [6.45, 7) is 3.88. The van der Waals surface area contributed by atoms with Crippen LogP contribution in [0, 0.1) is 0 Å². The van der Waals surface area contributed by atoms with Gasteiger partial charge < -0.3 is 27.1 Å². The highest BCUT2D eigenvalue weighted by atomic mass is 35.5. The molecule has 0 aromatic heterocycles. The molecular formula is C17H38ClNO2. The van der Waals surface area contributed by atoms with Crippen molar-refractivity contribution in [2.24, 2.45) is 0 Å². The van der Waals surface area contributed by atoms with Crippen LogP contribution in [0.1, 0.15) is 71.1 Å². The van der Waals surface area contributed by atoms with Crippen LogP contribution in [0.25, 0.3) is 0 Å². The Morgan fingerprint density at radius 3 is 1.67 bits per heavy atom. The third-order valence-corrected chi connectivity index (χ3v) is 4.03. The van der Waals surface area contributed by atoms with Gasteiger partial charge in [0, 0.05) is 0 Å². The molecule has 0 rings (SSSR count). The van der Waals surface area contributed by atoms with Crippen LogP contribution in [0.2, 0.25) is 0 Å². The van der Waals surface area contributed by atoms with E-state index in [2.05, 4.69) is 21.0 Å². The molecule has 0 aliphatic heterocycles. The van der Waals surface area contributed by atoms with E-state index in [1.54, 1.807) is 0 Å². The summed E-state index contributed by atoms with van der Waals surface area (Å²) in [5, 5.41) is 18.4. The quantitative estimate of drug-likeness (QED) is 0.357. The van der Waals surface area contributed by atoms with Crippen LogP contribution < -0.4 is 12.4 Å². The molecule has 0 heterocycles. The predicted octanol–water partition coefficient (Wildman–Crippen LogP) is 0.341. The molecule has 2 N–H and O–H groups in total. The molecule has 0 bridgehead atoms. The average molecular weight is 324 g/mol. The molecule has 0 saturated carbocycles. The Morgan fingerprint density at radius 2 is 1.24 bits per heavy atom. The molecule has 0 saturated heterocycles. The first-order chi connectivity index (χ1) is 9.52. The summed E-state index contributed by atoms with van der Waals surface area (Å²) in [6.07, 6.45) is 13.0. The maximum absolute atomic E-state index is 9.49. The van der Waals surface area contributed by atoms with Gasteiger partial charge in [-0.3, -0.25) is 0 Å². The highest BCUT2D eigenvalue weighted by molar-refractivity contribution is 4.51. The molecule has 0 radical (unpaired) electrons. The molecule has 21 heavy (non-hydrogen) atoms. The van der Waals surface area contributed by atoms with Gasteiger partial charge in [-0.05, 0) is 12.8 Å². The Kier molecular flexibility index (Phi) is 16.8. The number of unbranched alkanes of at least 4 members (excludes halogenated alkanes) is 9. The van der Waals surface area contributed by atoms with Crippen LogP contribution in [0.5, 0.6) is 0 Å². The van der Waals surface area contributed by atoms with Crippen molar-refractivity contribution in [1.82, 2.24) is 0 Å². The topological polar surface area (TPSA) is 40.5 Å². The minimum absolute atomic E-state index is 0. The number of hydrogen-bond acceptors (Lipinski definition) is 2. The number of nitrogens with zero attached hydrogens (tertiary/aromatic N) is 1. The summed E-state index contributed by atoms with van der Waals surface area (Å²) in [7, 11) is 4.26. The zero-order valence-electron chi connectivity index (χ0n) is 14.5. The van der Waals surface area contributed by atoms with Crippen molar-refractivity contribution in [3.05, 3.63) is 0 Å². The van der Waals surface area contributed by atoms with Crippen LogP contribution in [0.4, 0.5) is 0 Å². The fourth-order valence-electron chi connectivity index (χ4n) is 2.75. The Hall–Kier alpha value is 0.170. The third kappa shape index (κ3) is 16.4. The summed E-state index contributed by atoms with van der Waals surface area (Å²) in [4.78, 5) is 0. The summed E-state index contributed by atoms with van der Waals surface area (Å²) in [5.41, 5.74) is 0. The minimum Gasteiger partial charge on any atom is -1.00 e. The number of likely N-dealkylation sites (N-methyl/N-ethyl adjacent to an activating group) is 1. The molecule has 0 aromatic rings. The molecule has 0 fully saturated rings. The third-order valence-electron chi connectivity index (χ3n) is 4.03. The SMILES string of the molecule is CCCCCCCCCCCC[N+](C)(C)CC(O)CO.[Cl-]. The zero-order chi connectivity index (χ0) is 15.3. The molecule has 0 aromatic carbocycles. The van der Waals surface area contributed by atoms with E-state index in [0.29, 0.717) is 6.54 Å². The number of aliphatic hydroxyl groups excluding tert-OH is 2. The highest BCUT2D eigenvalue weighted by Gasteiger charge is 2.19. The molecule has 1 atom stereocenters. The van der Waals surface area contributed by atoms with Crippen molar-refractivity contribution in [2.45, 2.75) is 77.2 Å². The second-order valence-electron chi connectivity index (χ2n) is 6.86. The Bertz CT molecular complexity index is 213. The first-order valence-corrected chi connectivity index (χ1v) is 8.62. The van der Waals surface area contributed by atoms with E-state index in [1.807, 2.05) is 0 Å². The zero-order valence-corrected chi connectivity index (χ0v) is 15.2. The van der Waals surface area contributed by atoms with Crippen molar-refractivity contribution in [3.63, 3.8) is 0 Å². The van der Waals surface area contributed by atoms with Crippen molar-refractivity contribution in [3.8, 4) is 0 Å². The van der Waals surface area contributed by atoms with E-state index < -0.39 is 6.10 Å². The number of hydrogen-bond donors (Lipinski definition) is 2. The molecule has 0 spiro atoms. The van der Waals surface area contributed by atoms with Gasteiger partial charge in [0.25, 0.3) is 0 Å². The summed E-state index contributed by atoms with van der Waals surface area (Å²) < 4.78 is 0.804. The smallest absolute Gasteiger partial charge is 0.126 e. The maximum atomic E-state index is 9.49. The van der Waals surface area contributed by atoms with E-state index >= 15 is 0 Å². The van der Waals surface area contributed by atoms with Gasteiger partial charge in [0.05, 0.1) is 27.2 Å². The maximum Gasteiger partial charge on any atom is 0.126 e. The lowest BCUT2D eigenvalue weighted by atomic mass is 10.1. The standard InChI is InChI=1S/C17H38NO2.ClH/c1-4-5-6-7-8-9-10-11-12-13-14-18(2,3)15-17(20)16-19;/h17,19-20H,4-16H2,1-3H3;1H/q+1;/p-1. The van der Waals surface area contributed by atoms with Crippen LogP contribution in [0.15, 0.2) is 0 Å². The van der Waals surface area contributed by atoms with Crippen molar-refractivity contribution in [2.75, 3.05) is 33.8 Å². The van der Waals surface area contributed by atoms with E-state index in [4.69, 9.17) is 5.11 Å². The Balaban J connectivity index is 0. The van der Waals surface area contributed by atoms with Crippen LogP contribution in [-0.2, 0) is 0 Å². The summed E-state index contributed by atoms with van der Waals surface area (Å²) >= 11 is 0. The van der Waals surface area contributed by atoms with Gasteiger partial charge >= 0.3 is 0 Å². The number of rotatable bonds is 14. The fourth-order valence-corrected chi connectivity index (χ4v) is 2.75. The van der Waals surface area contributed by atoms with Gasteiger partial charge in [-0.15, -0.1) is 0 Å². The highest BCUT2D eigenvalue weighted by Crippen LogP contribution is 2.11. The summed E-state index contributed by atoms with van der Waals surface area (Å²) in [5.74, 6) is 0. The molecule has 0 aliphatic carbocycles. The van der Waals surface area contributed by atoms with E-state index in [9.17, 15) is 5.11 Å². The predicted molar refractivity (Wildman–Crippen MR) is 86.8 cm³/mol. The normalized spacial score (nSPS) is 13.0. The Labute approximate surface area is 138 Å². The van der Waals surface area contributed by atoms with Gasteiger partial charge in [0.2, 0.25) is 0 Å². The lowest BCUT2D eigenvalue weighted by molar-refractivity contribution is -0.893. The lowest BCUT2D eigenvalue weighted by Gasteiger charge is -2.31. The fraction of sp³-hybridized carbons (Fsp3) is 1.00. The monoisotopic (exact) mass is 323 g/mol. The second kappa shape index (κ2) is 15.1. The van der Waals surface area contributed by atoms with Gasteiger partial charge in [-0.1, -0.05) is 58.3 Å². The van der Waals surface area contributed by atoms with Crippen LogP contribution in [-0.4, -0.2) is 54.6 Å². The van der Waals surface area contributed by atoms with Gasteiger partial charge in [-0.25, -0.2) is 0 Å². The second-order valence-corrected chi connectivity index (χ2v) is 6.86. The average Bonchev–Trinajstić information content (AvgIpc) is 2.40. The minimum atomic E-state index is -0.576. The first-order valence-electron chi connectivity index (χ1n) is 8.62. The van der Waals surface area contributed by atoms with Crippen molar-refractivity contribution >= 4 is 0 Å². The largest absolute Gasteiger partial charge is 1.00 e. The van der Waals surface area contributed by atoms with E-state index in [1.165, 1.54) is 64.2 Å². The van der Waals surface area contributed by atoms with Gasteiger partial charge in [0.15, 0.2) is 0 Å². The molecule has 4 heteroatoms. The lowest BCUT2D eigenvalue weighted by Crippen LogP contribution is -3.00. The molecule has 0 amide bonds. The molecule has 0 aliphatic rings. The first kappa shape index (κ1) is 23.4. The summed E-state index contributed by atoms with van der Waals surface area (Å²) in [6, 6.07) is 0. The number of halogens is 1. The molecule has 130 valence electrons. The van der Waals surface area contributed by atoms with Crippen LogP contribution >= 0.6 is 0 Å². The molecule has 1 unspecified atom stereocenters. The molecule has 3 nitrogen and oxygen atoms in total. The molecular weight excluding hydrogens is 286 g/mol. The van der Waals surface area contributed by atoms with E-state index in [-0.39, 0.29) is 19.0 Å². The van der Waals surface area contributed by atoms with Gasteiger partial charge in [-0.2, -0.15) is 0 Å². The van der Waals surface area contributed by atoms with Gasteiger partial charge in [0.1, 0.15) is 12.6 Å². The Morgan fingerprint density at radius 1 is 0.810 bits per heavy atom. The van der Waals surface area contributed by atoms with Crippen LogP contribution in [0.3, 0.4) is 0 Å². The number of quaternary nitrogens is 1. The van der Waals surface area contributed by atoms with Crippen molar-refractivity contribution in [1.29, 1.82) is 0 Å². The van der Waals surface area contributed by atoms with E-state index in [0.717, 1.165) is 11.0 Å². The van der Waals surface area contributed by atoms with Crippen molar-refractivity contribution < 1.29 is 27.1 Å². The number of aliphatic hydroxyl groups is 2.